The first-order chi connectivity index (χ1) is 42.3. The van der Waals surface area contributed by atoms with Crippen molar-refractivity contribution in [2.75, 3.05) is 26.4 Å². The zero-order valence-corrected chi connectivity index (χ0v) is 54.3. The monoisotopic (exact) mass is 1250 g/mol. The molecule has 0 aliphatic carbocycles. The Morgan fingerprint density at radius 3 is 1.08 bits per heavy atom. The topological polar surface area (TPSA) is 307 Å². The molecule has 19 heteroatoms. The molecule has 0 spiro atoms. The Bertz CT molecular complexity index is 1630. The highest BCUT2D eigenvalue weighted by Crippen LogP contribution is 2.33. The highest BCUT2D eigenvalue weighted by atomic mass is 16.8. The molecule has 1 amide bonds. The van der Waals surface area contributed by atoms with E-state index in [1.807, 2.05) is 6.08 Å². The van der Waals surface area contributed by atoms with Crippen LogP contribution in [0.5, 0.6) is 0 Å². The fourth-order valence-corrected chi connectivity index (χ4v) is 12.3. The number of carbonyl (C=O) groups excluding carboxylic acids is 1. The number of unbranched alkanes of at least 4 members (excludes halogenated alkanes) is 39. The summed E-state index contributed by atoms with van der Waals surface area (Å²) in [6.45, 7) is 1.77. The molecule has 3 rings (SSSR count). The van der Waals surface area contributed by atoms with E-state index in [0.717, 1.165) is 44.9 Å². The normalized spacial score (nSPS) is 28.6. The van der Waals surface area contributed by atoms with Crippen LogP contribution in [0, 0.1) is 0 Å². The van der Waals surface area contributed by atoms with Crippen LogP contribution in [0.4, 0.5) is 0 Å². The van der Waals surface area contributed by atoms with Crippen LogP contribution in [-0.2, 0) is 33.2 Å². The summed E-state index contributed by atoms with van der Waals surface area (Å²) in [5.41, 5.74) is 0. The molecular weight excluding hydrogens is 1120 g/mol. The van der Waals surface area contributed by atoms with Crippen molar-refractivity contribution in [2.45, 2.75) is 388 Å². The third-order valence-electron chi connectivity index (χ3n) is 18.1. The molecule has 0 aromatic heterocycles. The molecule has 3 fully saturated rings. The Hall–Kier alpha value is -1.47. The molecule has 17 atom stereocenters. The fourth-order valence-electron chi connectivity index (χ4n) is 12.3. The van der Waals surface area contributed by atoms with Crippen LogP contribution in [0.1, 0.15) is 284 Å². The summed E-state index contributed by atoms with van der Waals surface area (Å²) in [6, 6.07) is -0.968. The summed E-state index contributed by atoms with van der Waals surface area (Å²) in [4.78, 5) is 13.4. The predicted octanol–water partition coefficient (Wildman–Crippen LogP) is 9.28. The van der Waals surface area contributed by atoms with Crippen molar-refractivity contribution in [3.05, 3.63) is 12.2 Å². The van der Waals surface area contributed by atoms with Crippen molar-refractivity contribution in [3.8, 4) is 0 Å². The van der Waals surface area contributed by atoms with Gasteiger partial charge >= 0.3 is 0 Å². The summed E-state index contributed by atoms with van der Waals surface area (Å²) in [5, 5.41) is 121. The Morgan fingerprint density at radius 2 is 0.713 bits per heavy atom. The van der Waals surface area contributed by atoms with Gasteiger partial charge in [0.1, 0.15) is 73.2 Å². The van der Waals surface area contributed by atoms with Crippen molar-refractivity contribution in [1.82, 2.24) is 5.32 Å². The minimum Gasteiger partial charge on any atom is -0.394 e. The molecule has 3 aliphatic heterocycles. The van der Waals surface area contributed by atoms with Crippen molar-refractivity contribution >= 4 is 5.91 Å². The maximum absolute atomic E-state index is 13.4. The number of rotatable bonds is 55. The molecular formula is C68H129NO18. The average Bonchev–Trinajstić information content (AvgIpc) is 1.14. The van der Waals surface area contributed by atoms with Crippen LogP contribution in [0.25, 0.3) is 0 Å². The maximum Gasteiger partial charge on any atom is 0.220 e. The third-order valence-corrected chi connectivity index (χ3v) is 18.1. The lowest BCUT2D eigenvalue weighted by atomic mass is 9.96. The molecule has 3 heterocycles. The largest absolute Gasteiger partial charge is 0.394 e. The molecule has 0 radical (unpaired) electrons. The summed E-state index contributed by atoms with van der Waals surface area (Å²) in [7, 11) is 0. The first kappa shape index (κ1) is 79.8. The Labute approximate surface area is 525 Å². The van der Waals surface area contributed by atoms with Crippen LogP contribution >= 0.6 is 0 Å². The smallest absolute Gasteiger partial charge is 0.220 e. The number of allylic oxidation sites excluding steroid dienone is 1. The number of hydrogen-bond acceptors (Lipinski definition) is 18. The van der Waals surface area contributed by atoms with E-state index >= 15 is 0 Å². The van der Waals surface area contributed by atoms with E-state index in [4.69, 9.17) is 28.4 Å². The molecule has 0 bridgehead atoms. The third kappa shape index (κ3) is 33.3. The lowest BCUT2D eigenvalue weighted by molar-refractivity contribution is -0.379. The lowest BCUT2D eigenvalue weighted by Crippen LogP contribution is -2.66. The van der Waals surface area contributed by atoms with E-state index in [1.54, 1.807) is 6.08 Å². The van der Waals surface area contributed by atoms with Crippen LogP contribution < -0.4 is 5.32 Å². The Kier molecular flexibility index (Phi) is 46.8. The molecule has 12 N–H and O–H groups in total. The quantitative estimate of drug-likeness (QED) is 0.0199. The van der Waals surface area contributed by atoms with Gasteiger partial charge < -0.3 is 89.9 Å². The van der Waals surface area contributed by atoms with Crippen molar-refractivity contribution in [1.29, 1.82) is 0 Å². The summed E-state index contributed by atoms with van der Waals surface area (Å²) < 4.78 is 34.4. The van der Waals surface area contributed by atoms with E-state index in [1.165, 1.54) is 212 Å². The molecule has 514 valence electrons. The molecule has 0 saturated carbocycles. The number of hydrogen-bond donors (Lipinski definition) is 12. The van der Waals surface area contributed by atoms with Gasteiger partial charge in [-0.2, -0.15) is 0 Å². The second-order valence-corrected chi connectivity index (χ2v) is 25.7. The molecule has 17 unspecified atom stereocenters. The SMILES string of the molecule is CCCCCCCCCCCCCCCCCCCCCCCCCC/C=C/C(O)C(COC1OC(CO)C(OC2OC(CO)C(OC3OC(CO)C(O)C(O)C3O)C(O)C2O)C(O)C1O)NC(=O)CCCCCCCCCCCCCCCCCC. The number of aliphatic hydroxyl groups excluding tert-OH is 11. The van der Waals surface area contributed by atoms with Crippen molar-refractivity contribution in [3.63, 3.8) is 0 Å². The van der Waals surface area contributed by atoms with Crippen LogP contribution in [0.3, 0.4) is 0 Å². The van der Waals surface area contributed by atoms with E-state index in [0.29, 0.717) is 6.42 Å². The predicted molar refractivity (Wildman–Crippen MR) is 337 cm³/mol. The molecule has 0 aromatic rings. The van der Waals surface area contributed by atoms with Gasteiger partial charge in [0.25, 0.3) is 0 Å². The first-order valence-electron chi connectivity index (χ1n) is 35.4. The summed E-state index contributed by atoms with van der Waals surface area (Å²) in [6.07, 6.45) is 29.0. The zero-order valence-electron chi connectivity index (χ0n) is 54.3. The van der Waals surface area contributed by atoms with Crippen LogP contribution in [0.2, 0.25) is 0 Å². The molecule has 0 aromatic carbocycles. The van der Waals surface area contributed by atoms with E-state index in [2.05, 4.69) is 19.2 Å². The average molecular weight is 1250 g/mol. The first-order valence-corrected chi connectivity index (χ1v) is 35.4. The number of aliphatic hydroxyl groups is 11. The van der Waals surface area contributed by atoms with Gasteiger partial charge in [0.05, 0.1) is 38.6 Å². The van der Waals surface area contributed by atoms with Gasteiger partial charge in [-0.15, -0.1) is 0 Å². The van der Waals surface area contributed by atoms with Crippen molar-refractivity contribution < 1.29 is 89.4 Å². The fraction of sp³-hybridized carbons (Fsp3) is 0.956. The van der Waals surface area contributed by atoms with Crippen molar-refractivity contribution in [2.24, 2.45) is 0 Å². The number of nitrogens with one attached hydrogen (secondary N) is 1. The second-order valence-electron chi connectivity index (χ2n) is 25.7. The lowest BCUT2D eigenvalue weighted by Gasteiger charge is -2.48. The van der Waals surface area contributed by atoms with E-state index < -0.39 is 124 Å². The van der Waals surface area contributed by atoms with Gasteiger partial charge in [0, 0.05) is 6.42 Å². The second kappa shape index (κ2) is 51.0. The maximum atomic E-state index is 13.4. The molecule has 19 nitrogen and oxygen atoms in total. The Morgan fingerprint density at radius 1 is 0.402 bits per heavy atom. The minimum absolute atomic E-state index is 0.249. The van der Waals surface area contributed by atoms with Gasteiger partial charge in [-0.05, 0) is 19.3 Å². The summed E-state index contributed by atoms with van der Waals surface area (Å²) in [5.74, 6) is -0.270. The highest BCUT2D eigenvalue weighted by Gasteiger charge is 2.53. The summed E-state index contributed by atoms with van der Waals surface area (Å²) >= 11 is 0. The Balaban J connectivity index is 1.42. The zero-order chi connectivity index (χ0) is 63.3. The number of amides is 1. The molecule has 87 heavy (non-hydrogen) atoms. The van der Waals surface area contributed by atoms with E-state index in [-0.39, 0.29) is 18.9 Å². The van der Waals surface area contributed by atoms with Gasteiger partial charge in [-0.25, -0.2) is 0 Å². The number of ether oxygens (including phenoxy) is 6. The molecule has 3 saturated heterocycles. The number of carbonyl (C=O) groups is 1. The van der Waals surface area contributed by atoms with Crippen LogP contribution in [-0.4, -0.2) is 193 Å². The van der Waals surface area contributed by atoms with Gasteiger partial charge in [0.15, 0.2) is 18.9 Å². The van der Waals surface area contributed by atoms with Gasteiger partial charge in [-0.3, -0.25) is 4.79 Å². The van der Waals surface area contributed by atoms with Gasteiger partial charge in [-0.1, -0.05) is 270 Å². The van der Waals surface area contributed by atoms with Crippen LogP contribution in [0.15, 0.2) is 12.2 Å². The minimum atomic E-state index is -1.98. The molecule has 3 aliphatic rings. The highest BCUT2D eigenvalue weighted by molar-refractivity contribution is 5.76. The van der Waals surface area contributed by atoms with E-state index in [9.17, 15) is 61.0 Å². The standard InChI is InChI=1S/C68H129NO18/c1-3-5-7-9-11-13-15-17-19-21-22-23-24-25-26-27-28-29-30-31-33-35-37-39-41-43-45-52(73)51(69-56(74)46-44-42-40-38-36-34-32-20-18-16-14-12-10-8-6-4-2)50-82-66-62(80)59(77)64(54(48-71)84-66)87-68-63(81)60(78)65(55(49-72)85-68)86-67-61(79)58(76)57(75)53(47-70)83-67/h43,45,51-55,57-68,70-73,75-81H,3-42,44,46-50H2,1-2H3,(H,69,74)/b45-43+. The van der Waals surface area contributed by atoms with Gasteiger partial charge in [0.2, 0.25) is 5.91 Å².